The molecule has 4 amide bonds. The van der Waals surface area contributed by atoms with Crippen LogP contribution in [0, 0.1) is 0 Å². The van der Waals surface area contributed by atoms with E-state index in [2.05, 4.69) is 5.43 Å². The summed E-state index contributed by atoms with van der Waals surface area (Å²) in [5, 5.41) is 0.895. The quantitative estimate of drug-likeness (QED) is 0.333. The minimum Gasteiger partial charge on any atom is -0.493 e. The van der Waals surface area contributed by atoms with Crippen LogP contribution in [0.4, 0.5) is 5.69 Å². The van der Waals surface area contributed by atoms with Crippen LogP contribution in [-0.2, 0) is 19.1 Å². The highest BCUT2D eigenvalue weighted by Gasteiger charge is 2.45. The maximum Gasteiger partial charge on any atom is 0.338 e. The van der Waals surface area contributed by atoms with Crippen LogP contribution < -0.4 is 19.8 Å². The van der Waals surface area contributed by atoms with E-state index in [0.717, 1.165) is 9.91 Å². The Morgan fingerprint density at radius 2 is 1.61 bits per heavy atom. The molecule has 2 aromatic carbocycles. The predicted molar refractivity (Wildman–Crippen MR) is 127 cm³/mol. The first-order valence-corrected chi connectivity index (χ1v) is 11.2. The topological polar surface area (TPSA) is 132 Å². The maximum atomic E-state index is 13.2. The lowest BCUT2D eigenvalue weighted by Crippen LogP contribution is -2.54. The number of anilines is 1. The van der Waals surface area contributed by atoms with Gasteiger partial charge in [-0.15, -0.1) is 0 Å². The summed E-state index contributed by atoms with van der Waals surface area (Å²) in [6.07, 6.45) is -0.338. The number of carbonyl (C=O) groups excluding carboxylic acids is 5. The summed E-state index contributed by atoms with van der Waals surface area (Å²) in [6, 6.07) is 8.97. The monoisotopic (exact) mass is 497 g/mol. The molecule has 190 valence electrons. The number of imide groups is 1. The number of nitrogens with one attached hydrogen (secondary N) is 1. The average molecular weight is 498 g/mol. The smallest absolute Gasteiger partial charge is 0.338 e. The summed E-state index contributed by atoms with van der Waals surface area (Å²) < 4.78 is 15.3. The van der Waals surface area contributed by atoms with Gasteiger partial charge in [-0.25, -0.2) is 14.7 Å². The van der Waals surface area contributed by atoms with E-state index in [9.17, 15) is 24.0 Å². The summed E-state index contributed by atoms with van der Waals surface area (Å²) >= 11 is 0. The predicted octanol–water partition coefficient (Wildman–Crippen LogP) is 2.10. The van der Waals surface area contributed by atoms with E-state index in [1.165, 1.54) is 56.7 Å². The number of nitrogens with zero attached hydrogens (tertiary/aromatic N) is 2. The van der Waals surface area contributed by atoms with Gasteiger partial charge >= 0.3 is 5.97 Å². The molecule has 36 heavy (non-hydrogen) atoms. The van der Waals surface area contributed by atoms with Gasteiger partial charge in [0.2, 0.25) is 11.8 Å². The fraction of sp³-hybridized carbons (Fsp3) is 0.320. The van der Waals surface area contributed by atoms with Gasteiger partial charge in [-0.05, 0) is 49.4 Å². The Labute approximate surface area is 207 Å². The van der Waals surface area contributed by atoms with Gasteiger partial charge in [-0.2, -0.15) is 0 Å². The van der Waals surface area contributed by atoms with Gasteiger partial charge in [-0.3, -0.25) is 24.6 Å². The Morgan fingerprint density at radius 3 is 2.19 bits per heavy atom. The largest absolute Gasteiger partial charge is 0.493 e. The summed E-state index contributed by atoms with van der Waals surface area (Å²) in [7, 11) is 2.88. The second kappa shape index (κ2) is 11.3. The highest BCUT2D eigenvalue weighted by Crippen LogP contribution is 2.29. The van der Waals surface area contributed by atoms with Crippen molar-refractivity contribution in [1.82, 2.24) is 10.4 Å². The number of hydrogen-bond acceptors (Lipinski definition) is 8. The van der Waals surface area contributed by atoms with Crippen LogP contribution >= 0.6 is 0 Å². The van der Waals surface area contributed by atoms with E-state index in [0.29, 0.717) is 11.5 Å². The van der Waals surface area contributed by atoms with Crippen LogP contribution in [-0.4, -0.2) is 61.5 Å². The SMILES string of the molecule is CCOC(=O)c1ccc(N2C(=O)CC(N(NC(=O)c3ccc(OC)c(OC)c3)C(=O)CC)C2=O)cc1. The van der Waals surface area contributed by atoms with Crippen LogP contribution in [0.2, 0.25) is 0 Å². The Balaban J connectivity index is 1.83. The fourth-order valence-corrected chi connectivity index (χ4v) is 3.69. The molecule has 0 saturated carbocycles. The number of carbonyl (C=O) groups is 5. The molecule has 0 bridgehead atoms. The normalized spacial score (nSPS) is 14.9. The molecule has 11 heteroatoms. The van der Waals surface area contributed by atoms with Crippen molar-refractivity contribution in [3.8, 4) is 11.5 Å². The first-order valence-electron chi connectivity index (χ1n) is 11.2. The zero-order chi connectivity index (χ0) is 26.4. The van der Waals surface area contributed by atoms with E-state index in [4.69, 9.17) is 14.2 Å². The lowest BCUT2D eigenvalue weighted by Gasteiger charge is -2.27. The van der Waals surface area contributed by atoms with Gasteiger partial charge in [0.1, 0.15) is 6.04 Å². The molecular formula is C25H27N3O8. The Bertz CT molecular complexity index is 1180. The zero-order valence-electron chi connectivity index (χ0n) is 20.4. The first kappa shape index (κ1) is 26.2. The van der Waals surface area contributed by atoms with Crippen LogP contribution in [0.25, 0.3) is 0 Å². The van der Waals surface area contributed by atoms with Crippen molar-refractivity contribution >= 4 is 35.3 Å². The van der Waals surface area contributed by atoms with Crippen molar-refractivity contribution in [2.75, 3.05) is 25.7 Å². The molecule has 1 atom stereocenters. The van der Waals surface area contributed by atoms with Crippen molar-refractivity contribution in [3.63, 3.8) is 0 Å². The molecule has 2 aromatic rings. The molecule has 0 radical (unpaired) electrons. The number of hydrogen-bond donors (Lipinski definition) is 1. The molecular weight excluding hydrogens is 470 g/mol. The van der Waals surface area contributed by atoms with Gasteiger partial charge in [0.15, 0.2) is 11.5 Å². The third kappa shape index (κ3) is 5.29. The standard InChI is InChI=1S/C25H27N3O8/c1-5-21(29)28(26-23(31)16-9-12-19(34-3)20(13-16)35-4)18-14-22(30)27(24(18)32)17-10-7-15(8-11-17)25(33)36-6-2/h7-13,18H,5-6,14H2,1-4H3,(H,26,31). The highest BCUT2D eigenvalue weighted by atomic mass is 16.5. The minimum atomic E-state index is -1.24. The lowest BCUT2D eigenvalue weighted by molar-refractivity contribution is -0.140. The van der Waals surface area contributed by atoms with Gasteiger partial charge < -0.3 is 14.2 Å². The molecule has 0 spiro atoms. The van der Waals surface area contributed by atoms with Crippen molar-refractivity contribution in [2.24, 2.45) is 0 Å². The van der Waals surface area contributed by atoms with Crippen LogP contribution in [0.3, 0.4) is 0 Å². The van der Waals surface area contributed by atoms with E-state index in [-0.39, 0.29) is 36.3 Å². The summed E-state index contributed by atoms with van der Waals surface area (Å²) in [5.41, 5.74) is 3.12. The van der Waals surface area contributed by atoms with Crippen LogP contribution in [0.15, 0.2) is 42.5 Å². The second-order valence-corrected chi connectivity index (χ2v) is 7.68. The van der Waals surface area contributed by atoms with Gasteiger partial charge in [0.05, 0.1) is 38.5 Å². The van der Waals surface area contributed by atoms with Gasteiger partial charge in [0, 0.05) is 12.0 Å². The van der Waals surface area contributed by atoms with Gasteiger partial charge in [-0.1, -0.05) is 6.92 Å². The van der Waals surface area contributed by atoms with Crippen molar-refractivity contribution in [2.45, 2.75) is 32.7 Å². The molecule has 0 aliphatic carbocycles. The lowest BCUT2D eigenvalue weighted by atomic mass is 10.2. The summed E-state index contributed by atoms with van der Waals surface area (Å²) in [6.45, 7) is 3.47. The maximum absolute atomic E-state index is 13.2. The minimum absolute atomic E-state index is 0.0155. The van der Waals surface area contributed by atoms with Gasteiger partial charge in [0.25, 0.3) is 11.8 Å². The van der Waals surface area contributed by atoms with Crippen molar-refractivity contribution in [3.05, 3.63) is 53.6 Å². The van der Waals surface area contributed by atoms with Crippen molar-refractivity contribution in [1.29, 1.82) is 0 Å². The number of ether oxygens (including phenoxy) is 3. The molecule has 1 N–H and O–H groups in total. The molecule has 1 fully saturated rings. The Kier molecular flexibility index (Phi) is 8.26. The van der Waals surface area contributed by atoms with Crippen LogP contribution in [0.1, 0.15) is 47.4 Å². The summed E-state index contributed by atoms with van der Waals surface area (Å²) in [5.74, 6) is -2.26. The number of rotatable bonds is 8. The molecule has 1 saturated heterocycles. The number of hydrazine groups is 1. The highest BCUT2D eigenvalue weighted by molar-refractivity contribution is 6.23. The first-order chi connectivity index (χ1) is 17.2. The average Bonchev–Trinajstić information content (AvgIpc) is 3.19. The van der Waals surface area contributed by atoms with E-state index in [1.54, 1.807) is 13.8 Å². The summed E-state index contributed by atoms with van der Waals surface area (Å²) in [4.78, 5) is 64.5. The molecule has 1 aliphatic rings. The second-order valence-electron chi connectivity index (χ2n) is 7.68. The molecule has 0 aromatic heterocycles. The zero-order valence-corrected chi connectivity index (χ0v) is 20.4. The Hall–Kier alpha value is -4.41. The number of methoxy groups -OCH3 is 2. The van der Waals surface area contributed by atoms with Crippen LogP contribution in [0.5, 0.6) is 11.5 Å². The third-order valence-electron chi connectivity index (χ3n) is 5.51. The van der Waals surface area contributed by atoms with E-state index < -0.39 is 35.6 Å². The Morgan fingerprint density at radius 1 is 0.972 bits per heavy atom. The van der Waals surface area contributed by atoms with E-state index in [1.807, 2.05) is 0 Å². The number of esters is 1. The third-order valence-corrected chi connectivity index (χ3v) is 5.51. The molecule has 1 aliphatic heterocycles. The number of amides is 4. The van der Waals surface area contributed by atoms with E-state index >= 15 is 0 Å². The molecule has 1 heterocycles. The fourth-order valence-electron chi connectivity index (χ4n) is 3.69. The molecule has 1 unspecified atom stereocenters. The molecule has 11 nitrogen and oxygen atoms in total. The van der Waals surface area contributed by atoms with Crippen molar-refractivity contribution < 1.29 is 38.2 Å². The molecule has 3 rings (SSSR count). The number of benzene rings is 2.